The second-order valence-corrected chi connectivity index (χ2v) is 15.1. The molecule has 0 spiro atoms. The van der Waals surface area contributed by atoms with E-state index in [0.717, 1.165) is 17.1 Å². The van der Waals surface area contributed by atoms with E-state index in [-0.39, 0.29) is 5.41 Å². The van der Waals surface area contributed by atoms with Crippen molar-refractivity contribution in [2.75, 3.05) is 4.90 Å². The van der Waals surface area contributed by atoms with Crippen LogP contribution in [-0.4, -0.2) is 4.57 Å². The molecule has 258 valence electrons. The van der Waals surface area contributed by atoms with Crippen LogP contribution < -0.4 is 4.90 Å². The number of anilines is 3. The molecular formula is C52H40N2. The van der Waals surface area contributed by atoms with Gasteiger partial charge in [-0.1, -0.05) is 141 Å². The number of para-hydroxylation sites is 2. The molecule has 0 saturated carbocycles. The highest BCUT2D eigenvalue weighted by Gasteiger charge is 2.36. The summed E-state index contributed by atoms with van der Waals surface area (Å²) in [6.07, 6.45) is 0. The van der Waals surface area contributed by atoms with Gasteiger partial charge < -0.3 is 9.47 Å². The Bertz CT molecular complexity index is 2790. The van der Waals surface area contributed by atoms with Gasteiger partial charge in [-0.2, -0.15) is 0 Å². The van der Waals surface area contributed by atoms with Crippen molar-refractivity contribution in [3.63, 3.8) is 0 Å². The second kappa shape index (κ2) is 12.5. The van der Waals surface area contributed by atoms with Gasteiger partial charge in [0.05, 0.1) is 11.0 Å². The number of nitrogens with zero attached hydrogens (tertiary/aromatic N) is 2. The molecular weight excluding hydrogens is 653 g/mol. The maximum atomic E-state index is 2.43. The summed E-state index contributed by atoms with van der Waals surface area (Å²) in [6.45, 7) is 6.93. The average Bonchev–Trinajstić information content (AvgIpc) is 3.67. The normalized spacial score (nSPS) is 12.9. The van der Waals surface area contributed by atoms with Crippen LogP contribution in [0, 0.1) is 6.92 Å². The van der Waals surface area contributed by atoms with Gasteiger partial charge in [0.2, 0.25) is 0 Å². The summed E-state index contributed by atoms with van der Waals surface area (Å²) in [5, 5.41) is 2.57. The third-order valence-electron chi connectivity index (χ3n) is 11.5. The van der Waals surface area contributed by atoms with Crippen LogP contribution in [0.25, 0.3) is 60.9 Å². The van der Waals surface area contributed by atoms with Crippen LogP contribution in [0.15, 0.2) is 188 Å². The van der Waals surface area contributed by atoms with Crippen LogP contribution >= 0.6 is 0 Å². The molecule has 9 aromatic rings. The van der Waals surface area contributed by atoms with E-state index in [1.807, 2.05) is 0 Å². The van der Waals surface area contributed by atoms with E-state index in [0.29, 0.717) is 0 Å². The van der Waals surface area contributed by atoms with E-state index >= 15 is 0 Å². The summed E-state index contributed by atoms with van der Waals surface area (Å²) in [4.78, 5) is 2.40. The Labute approximate surface area is 317 Å². The minimum Gasteiger partial charge on any atom is -0.310 e. The Morgan fingerprint density at radius 1 is 0.407 bits per heavy atom. The zero-order chi connectivity index (χ0) is 36.4. The minimum absolute atomic E-state index is 0.191. The molecule has 0 unspecified atom stereocenters. The van der Waals surface area contributed by atoms with E-state index in [2.05, 4.69) is 218 Å². The monoisotopic (exact) mass is 692 g/mol. The number of rotatable bonds is 6. The van der Waals surface area contributed by atoms with Gasteiger partial charge in [-0.3, -0.25) is 0 Å². The fourth-order valence-corrected chi connectivity index (χ4v) is 8.70. The lowest BCUT2D eigenvalue weighted by atomic mass is 9.82. The van der Waals surface area contributed by atoms with Crippen molar-refractivity contribution in [2.45, 2.75) is 26.2 Å². The number of fused-ring (bicyclic) bond motifs is 6. The quantitative estimate of drug-likeness (QED) is 0.168. The molecule has 0 aliphatic heterocycles. The molecule has 0 atom stereocenters. The van der Waals surface area contributed by atoms with Crippen LogP contribution in [-0.2, 0) is 5.41 Å². The summed E-state index contributed by atoms with van der Waals surface area (Å²) >= 11 is 0. The van der Waals surface area contributed by atoms with Crippen LogP contribution in [0.2, 0.25) is 0 Å². The van der Waals surface area contributed by atoms with Gasteiger partial charge in [0.15, 0.2) is 0 Å². The van der Waals surface area contributed by atoms with Crippen LogP contribution in [0.5, 0.6) is 0 Å². The van der Waals surface area contributed by atoms with Gasteiger partial charge in [0.25, 0.3) is 0 Å². The van der Waals surface area contributed by atoms with Gasteiger partial charge in [0.1, 0.15) is 0 Å². The molecule has 1 heterocycles. The maximum absolute atomic E-state index is 2.43. The Morgan fingerprint density at radius 3 is 1.54 bits per heavy atom. The fourth-order valence-electron chi connectivity index (χ4n) is 8.70. The first-order valence-corrected chi connectivity index (χ1v) is 18.8. The molecule has 54 heavy (non-hydrogen) atoms. The van der Waals surface area contributed by atoms with Crippen molar-refractivity contribution in [3.8, 4) is 39.1 Å². The lowest BCUT2D eigenvalue weighted by Gasteiger charge is -2.28. The number of aryl methyl sites for hydroxylation is 1. The van der Waals surface area contributed by atoms with Crippen molar-refractivity contribution in [1.29, 1.82) is 0 Å². The van der Waals surface area contributed by atoms with Gasteiger partial charge in [-0.15, -0.1) is 0 Å². The topological polar surface area (TPSA) is 8.17 Å². The van der Waals surface area contributed by atoms with Gasteiger partial charge in [-0.05, 0) is 118 Å². The molecule has 0 radical (unpaired) electrons. The van der Waals surface area contributed by atoms with Crippen molar-refractivity contribution >= 4 is 38.9 Å². The first-order valence-electron chi connectivity index (χ1n) is 18.8. The van der Waals surface area contributed by atoms with E-state index in [9.17, 15) is 0 Å². The van der Waals surface area contributed by atoms with Crippen molar-refractivity contribution in [2.24, 2.45) is 0 Å². The van der Waals surface area contributed by atoms with Crippen LogP contribution in [0.1, 0.15) is 30.5 Å². The molecule has 10 rings (SSSR count). The number of hydrogen-bond donors (Lipinski definition) is 0. The van der Waals surface area contributed by atoms with Crippen molar-refractivity contribution in [3.05, 3.63) is 205 Å². The largest absolute Gasteiger partial charge is 0.310 e. The molecule has 0 fully saturated rings. The number of aromatic nitrogens is 1. The highest BCUT2D eigenvalue weighted by atomic mass is 15.1. The van der Waals surface area contributed by atoms with Crippen LogP contribution in [0.3, 0.4) is 0 Å². The third-order valence-corrected chi connectivity index (χ3v) is 11.5. The first kappa shape index (κ1) is 32.0. The lowest BCUT2D eigenvalue weighted by molar-refractivity contribution is 0.660. The zero-order valence-electron chi connectivity index (χ0n) is 30.8. The highest BCUT2D eigenvalue weighted by Crippen LogP contribution is 2.51. The smallest absolute Gasteiger partial charge is 0.0541 e. The standard InChI is InChI=1S/C52H40N2/c1-35-12-11-15-41(32-35)53(40-26-24-39(25-27-40)38-22-20-37(21-23-38)36-13-5-4-6-14-36)42-28-30-44-45-31-29-43(34-49(45)52(2,3)48(44)33-42)54-50-18-9-7-16-46(50)47-17-8-10-19-51(47)54/h4-34H,1-3H3. The molecule has 0 saturated heterocycles. The molecule has 0 bridgehead atoms. The molecule has 1 aliphatic rings. The first-order chi connectivity index (χ1) is 26.4. The SMILES string of the molecule is Cc1cccc(N(c2ccc(-c3ccc(-c4ccccc4)cc3)cc2)c2ccc3c(c2)C(C)(C)c2cc(-n4c5ccccc5c5ccccc54)ccc2-3)c1. The molecule has 0 N–H and O–H groups in total. The van der Waals surface area contributed by atoms with E-state index in [1.165, 1.54) is 77.6 Å². The molecule has 8 aromatic carbocycles. The number of hydrogen-bond acceptors (Lipinski definition) is 1. The maximum Gasteiger partial charge on any atom is 0.0541 e. The van der Waals surface area contributed by atoms with Gasteiger partial charge >= 0.3 is 0 Å². The second-order valence-electron chi connectivity index (χ2n) is 15.1. The predicted octanol–water partition coefficient (Wildman–Crippen LogP) is 14.2. The Hall–Kier alpha value is -6.64. The van der Waals surface area contributed by atoms with Crippen molar-refractivity contribution < 1.29 is 0 Å². The summed E-state index contributed by atoms with van der Waals surface area (Å²) in [5.41, 5.74) is 18.4. The zero-order valence-corrected chi connectivity index (χ0v) is 30.8. The van der Waals surface area contributed by atoms with Gasteiger partial charge in [-0.25, -0.2) is 0 Å². The molecule has 2 heteroatoms. The van der Waals surface area contributed by atoms with E-state index in [4.69, 9.17) is 0 Å². The highest BCUT2D eigenvalue weighted by molar-refractivity contribution is 6.09. The molecule has 1 aromatic heterocycles. The Kier molecular flexibility index (Phi) is 7.42. The summed E-state index contributed by atoms with van der Waals surface area (Å²) < 4.78 is 2.43. The third kappa shape index (κ3) is 5.17. The Morgan fingerprint density at radius 2 is 0.907 bits per heavy atom. The molecule has 0 amide bonds. The number of benzene rings is 8. The van der Waals surface area contributed by atoms with Gasteiger partial charge in [0, 0.05) is 38.9 Å². The minimum atomic E-state index is -0.191. The van der Waals surface area contributed by atoms with Crippen molar-refractivity contribution in [1.82, 2.24) is 4.57 Å². The molecule has 1 aliphatic carbocycles. The fraction of sp³-hybridized carbons (Fsp3) is 0.0769. The predicted molar refractivity (Wildman–Crippen MR) is 229 cm³/mol. The van der Waals surface area contributed by atoms with Crippen LogP contribution in [0.4, 0.5) is 17.1 Å². The summed E-state index contributed by atoms with van der Waals surface area (Å²) in [6, 6.07) is 68.9. The van der Waals surface area contributed by atoms with E-state index in [1.54, 1.807) is 0 Å². The van der Waals surface area contributed by atoms with E-state index < -0.39 is 0 Å². The lowest BCUT2D eigenvalue weighted by Crippen LogP contribution is -2.17. The Balaban J connectivity index is 1.03. The average molecular weight is 693 g/mol. The molecule has 2 nitrogen and oxygen atoms in total. The summed E-state index contributed by atoms with van der Waals surface area (Å²) in [5.74, 6) is 0. The summed E-state index contributed by atoms with van der Waals surface area (Å²) in [7, 11) is 0.